The number of rotatable bonds is 3. The van der Waals surface area contributed by atoms with Crippen LogP contribution in [-0.2, 0) is 0 Å². The summed E-state index contributed by atoms with van der Waals surface area (Å²) in [6.07, 6.45) is 0. The lowest BCUT2D eigenvalue weighted by Gasteiger charge is -2.21. The number of halogens is 1. The van der Waals surface area contributed by atoms with E-state index in [1.807, 2.05) is 7.05 Å². The predicted molar refractivity (Wildman–Crippen MR) is 85.7 cm³/mol. The molecule has 0 aliphatic heterocycles. The lowest BCUT2D eigenvalue weighted by Crippen LogP contribution is -2.19. The van der Waals surface area contributed by atoms with Crippen LogP contribution in [-0.4, -0.2) is 7.05 Å². The van der Waals surface area contributed by atoms with Gasteiger partial charge < -0.3 is 5.32 Å². The molecule has 0 aromatic heterocycles. The van der Waals surface area contributed by atoms with Gasteiger partial charge in [-0.05, 0) is 50.6 Å². The monoisotopic (exact) mass is 317 g/mol. The van der Waals surface area contributed by atoms with Crippen LogP contribution < -0.4 is 5.32 Å². The topological polar surface area (TPSA) is 12.0 Å². The fourth-order valence-corrected chi connectivity index (χ4v) is 2.91. The van der Waals surface area contributed by atoms with Crippen LogP contribution in [0.2, 0.25) is 0 Å². The van der Waals surface area contributed by atoms with Crippen LogP contribution in [0.4, 0.5) is 0 Å². The largest absolute Gasteiger partial charge is 0.309 e. The van der Waals surface area contributed by atoms with E-state index in [1.54, 1.807) is 0 Å². The Bertz CT molecular complexity index is 538. The molecule has 2 heteroatoms. The van der Waals surface area contributed by atoms with Gasteiger partial charge in [0.25, 0.3) is 0 Å². The minimum atomic E-state index is 0.217. The molecule has 0 saturated heterocycles. The molecule has 2 rings (SSSR count). The summed E-state index contributed by atoms with van der Waals surface area (Å²) in [5.41, 5.74) is 6.52. The third kappa shape index (κ3) is 3.07. The van der Waals surface area contributed by atoms with Gasteiger partial charge >= 0.3 is 0 Å². The third-order valence-electron chi connectivity index (χ3n) is 3.50. The van der Waals surface area contributed by atoms with Crippen molar-refractivity contribution in [2.75, 3.05) is 7.05 Å². The molecule has 2 aromatic carbocycles. The molecule has 1 nitrogen and oxygen atoms in total. The lowest BCUT2D eigenvalue weighted by molar-refractivity contribution is 0.683. The van der Waals surface area contributed by atoms with Gasteiger partial charge in [-0.2, -0.15) is 0 Å². The first kappa shape index (κ1) is 14.3. The summed E-state index contributed by atoms with van der Waals surface area (Å²) in [6.45, 7) is 6.44. The zero-order valence-electron chi connectivity index (χ0n) is 11.9. The van der Waals surface area contributed by atoms with Crippen molar-refractivity contribution >= 4 is 15.9 Å². The normalized spacial score (nSPS) is 12.5. The number of benzene rings is 2. The third-order valence-corrected chi connectivity index (χ3v) is 4.22. The smallest absolute Gasteiger partial charge is 0.0588 e. The maximum atomic E-state index is 3.67. The fraction of sp³-hybridized carbons (Fsp3) is 0.294. The summed E-state index contributed by atoms with van der Waals surface area (Å²) in [5, 5.41) is 3.44. The molecule has 0 aliphatic rings. The standard InChI is InChI=1S/C17H20BrN/c1-11-5-7-13(3)14(9-11)17(19-4)15-10-12(2)6-8-16(15)18/h5-10,17,19H,1-4H3. The molecule has 0 aliphatic carbocycles. The Balaban J connectivity index is 2.55. The van der Waals surface area contributed by atoms with E-state index in [9.17, 15) is 0 Å². The van der Waals surface area contributed by atoms with Gasteiger partial charge in [0.1, 0.15) is 0 Å². The second-order valence-corrected chi connectivity index (χ2v) is 5.96. The minimum Gasteiger partial charge on any atom is -0.309 e. The molecule has 0 spiro atoms. The minimum absolute atomic E-state index is 0.217. The van der Waals surface area contributed by atoms with Crippen LogP contribution in [0.3, 0.4) is 0 Å². The quantitative estimate of drug-likeness (QED) is 0.866. The second kappa shape index (κ2) is 5.89. The van der Waals surface area contributed by atoms with Crippen molar-refractivity contribution in [2.45, 2.75) is 26.8 Å². The highest BCUT2D eigenvalue weighted by molar-refractivity contribution is 9.10. The van der Waals surface area contributed by atoms with Crippen LogP contribution in [0, 0.1) is 20.8 Å². The van der Waals surface area contributed by atoms with Crippen molar-refractivity contribution in [2.24, 2.45) is 0 Å². The maximum absolute atomic E-state index is 3.67. The van der Waals surface area contributed by atoms with Crippen LogP contribution in [0.25, 0.3) is 0 Å². The van der Waals surface area contributed by atoms with E-state index in [0.29, 0.717) is 0 Å². The highest BCUT2D eigenvalue weighted by Crippen LogP contribution is 2.31. The molecule has 0 amide bonds. The Morgan fingerprint density at radius 1 is 0.895 bits per heavy atom. The molecule has 100 valence electrons. The van der Waals surface area contributed by atoms with E-state index in [1.165, 1.54) is 27.8 Å². The first-order valence-electron chi connectivity index (χ1n) is 6.53. The molecule has 19 heavy (non-hydrogen) atoms. The molecular weight excluding hydrogens is 298 g/mol. The van der Waals surface area contributed by atoms with Gasteiger partial charge in [0.05, 0.1) is 6.04 Å². The average molecular weight is 318 g/mol. The van der Waals surface area contributed by atoms with Gasteiger partial charge in [-0.1, -0.05) is 57.4 Å². The second-order valence-electron chi connectivity index (χ2n) is 5.11. The summed E-state index contributed by atoms with van der Waals surface area (Å²) in [6, 6.07) is 13.3. The Morgan fingerprint density at radius 3 is 2.11 bits per heavy atom. The van der Waals surface area contributed by atoms with Gasteiger partial charge in [-0.25, -0.2) is 0 Å². The van der Waals surface area contributed by atoms with E-state index < -0.39 is 0 Å². The zero-order chi connectivity index (χ0) is 14.0. The number of hydrogen-bond donors (Lipinski definition) is 1. The SMILES string of the molecule is CNC(c1cc(C)ccc1C)c1cc(C)ccc1Br. The van der Waals surface area contributed by atoms with Gasteiger partial charge in [-0.15, -0.1) is 0 Å². The van der Waals surface area contributed by atoms with Crippen LogP contribution in [0.15, 0.2) is 40.9 Å². The van der Waals surface area contributed by atoms with Gasteiger partial charge in [0.2, 0.25) is 0 Å². The van der Waals surface area contributed by atoms with Crippen LogP contribution in [0.5, 0.6) is 0 Å². The molecule has 2 aromatic rings. The zero-order valence-corrected chi connectivity index (χ0v) is 13.5. The number of nitrogens with one attached hydrogen (secondary N) is 1. The molecule has 0 fully saturated rings. The Kier molecular flexibility index (Phi) is 4.43. The van der Waals surface area contributed by atoms with Crippen molar-refractivity contribution in [3.63, 3.8) is 0 Å². The molecule has 0 heterocycles. The average Bonchev–Trinajstić information content (AvgIpc) is 2.38. The molecule has 0 radical (unpaired) electrons. The Labute approximate surface area is 124 Å². The van der Waals surface area contributed by atoms with Crippen LogP contribution in [0.1, 0.15) is 33.9 Å². The molecule has 1 N–H and O–H groups in total. The highest BCUT2D eigenvalue weighted by Gasteiger charge is 2.17. The lowest BCUT2D eigenvalue weighted by atomic mass is 9.93. The van der Waals surface area contributed by atoms with E-state index in [-0.39, 0.29) is 6.04 Å². The first-order valence-corrected chi connectivity index (χ1v) is 7.32. The number of hydrogen-bond acceptors (Lipinski definition) is 1. The van der Waals surface area contributed by atoms with Crippen molar-refractivity contribution in [1.29, 1.82) is 0 Å². The molecular formula is C17H20BrN. The fourth-order valence-electron chi connectivity index (χ4n) is 2.43. The van der Waals surface area contributed by atoms with E-state index in [4.69, 9.17) is 0 Å². The molecule has 0 saturated carbocycles. The predicted octanol–water partition coefficient (Wildman–Crippen LogP) is 4.68. The van der Waals surface area contributed by atoms with Gasteiger partial charge in [0, 0.05) is 4.47 Å². The van der Waals surface area contributed by atoms with Gasteiger partial charge in [-0.3, -0.25) is 0 Å². The van der Waals surface area contributed by atoms with Crippen molar-refractivity contribution in [1.82, 2.24) is 5.32 Å². The van der Waals surface area contributed by atoms with E-state index in [0.717, 1.165) is 4.47 Å². The van der Waals surface area contributed by atoms with Crippen molar-refractivity contribution in [3.8, 4) is 0 Å². The molecule has 0 bridgehead atoms. The molecule has 1 unspecified atom stereocenters. The van der Waals surface area contributed by atoms with Crippen LogP contribution >= 0.6 is 15.9 Å². The van der Waals surface area contributed by atoms with Gasteiger partial charge in [0.15, 0.2) is 0 Å². The van der Waals surface area contributed by atoms with E-state index >= 15 is 0 Å². The summed E-state index contributed by atoms with van der Waals surface area (Å²) >= 11 is 3.67. The number of aryl methyl sites for hydroxylation is 3. The summed E-state index contributed by atoms with van der Waals surface area (Å²) in [4.78, 5) is 0. The van der Waals surface area contributed by atoms with Crippen molar-refractivity contribution in [3.05, 3.63) is 68.7 Å². The first-order chi connectivity index (χ1) is 9.02. The summed E-state index contributed by atoms with van der Waals surface area (Å²) in [5.74, 6) is 0. The van der Waals surface area contributed by atoms with E-state index in [2.05, 4.69) is 78.4 Å². The summed E-state index contributed by atoms with van der Waals surface area (Å²) < 4.78 is 1.15. The maximum Gasteiger partial charge on any atom is 0.0588 e. The summed E-state index contributed by atoms with van der Waals surface area (Å²) in [7, 11) is 2.02. The molecule has 1 atom stereocenters. The Hall–Kier alpha value is -1.12. The highest BCUT2D eigenvalue weighted by atomic mass is 79.9. The Morgan fingerprint density at radius 2 is 1.47 bits per heavy atom. The van der Waals surface area contributed by atoms with Crippen molar-refractivity contribution < 1.29 is 0 Å².